The summed E-state index contributed by atoms with van der Waals surface area (Å²) in [6, 6.07) is 4.69. The summed E-state index contributed by atoms with van der Waals surface area (Å²) in [5, 5.41) is 10.5. The van der Waals surface area contributed by atoms with Crippen LogP contribution in [0.1, 0.15) is 5.56 Å². The van der Waals surface area contributed by atoms with E-state index >= 15 is 0 Å². The van der Waals surface area contributed by atoms with Gasteiger partial charge < -0.3 is 5.73 Å². The highest BCUT2D eigenvalue weighted by molar-refractivity contribution is 7.80. The van der Waals surface area contributed by atoms with Crippen LogP contribution in [-0.2, 0) is 0 Å². The van der Waals surface area contributed by atoms with E-state index in [1.807, 2.05) is 0 Å². The fourth-order valence-corrected chi connectivity index (χ4v) is 1.12. The quantitative estimate of drug-likeness (QED) is 0.347. The fourth-order valence-electron chi connectivity index (χ4n) is 1.01. The molecule has 74 valence electrons. The Hall–Kier alpha value is -1.49. The Balaban J connectivity index is 3.06. The third kappa shape index (κ3) is 2.50. The molecule has 0 fully saturated rings. The Morgan fingerprint density at radius 2 is 2.29 bits per heavy atom. The number of hydrogen-bond donors (Lipinski definition) is 2. The van der Waals surface area contributed by atoms with Crippen LogP contribution in [0.2, 0.25) is 0 Å². The summed E-state index contributed by atoms with van der Waals surface area (Å²) in [6.07, 6.45) is 3.57. The fraction of sp³-hybridized carbons (Fsp3) is 0.111. The average Bonchev–Trinajstić information content (AvgIpc) is 2.16. The number of nitrogens with zero attached hydrogens (tertiary/aromatic N) is 1. The smallest absolute Gasteiger partial charge is 0.292 e. The zero-order valence-electron chi connectivity index (χ0n) is 7.38. The van der Waals surface area contributed by atoms with Crippen LogP contribution in [0.25, 0.3) is 6.08 Å². The number of thiol groups is 1. The molecule has 0 aliphatic rings. The minimum absolute atomic E-state index is 0.0636. The Morgan fingerprint density at radius 3 is 2.86 bits per heavy atom. The van der Waals surface area contributed by atoms with E-state index in [0.717, 1.165) is 5.56 Å². The summed E-state index contributed by atoms with van der Waals surface area (Å²) in [4.78, 5) is 10.0. The van der Waals surface area contributed by atoms with Crippen molar-refractivity contribution in [2.45, 2.75) is 0 Å². The van der Waals surface area contributed by atoms with Crippen molar-refractivity contribution in [2.75, 3.05) is 11.5 Å². The van der Waals surface area contributed by atoms with Gasteiger partial charge in [0, 0.05) is 11.8 Å². The minimum atomic E-state index is -0.493. The van der Waals surface area contributed by atoms with Crippen LogP contribution in [0.4, 0.5) is 11.4 Å². The van der Waals surface area contributed by atoms with Crippen molar-refractivity contribution in [2.24, 2.45) is 0 Å². The monoisotopic (exact) mass is 210 g/mol. The third-order valence-corrected chi connectivity index (χ3v) is 1.88. The molecule has 0 saturated heterocycles. The van der Waals surface area contributed by atoms with E-state index in [9.17, 15) is 10.1 Å². The van der Waals surface area contributed by atoms with Gasteiger partial charge in [-0.25, -0.2) is 0 Å². The van der Waals surface area contributed by atoms with E-state index in [-0.39, 0.29) is 11.4 Å². The molecule has 14 heavy (non-hydrogen) atoms. The lowest BCUT2D eigenvalue weighted by Gasteiger charge is -1.98. The van der Waals surface area contributed by atoms with Crippen molar-refractivity contribution >= 4 is 30.1 Å². The maximum absolute atomic E-state index is 10.5. The van der Waals surface area contributed by atoms with Crippen molar-refractivity contribution < 1.29 is 4.92 Å². The highest BCUT2D eigenvalue weighted by Gasteiger charge is 2.10. The highest BCUT2D eigenvalue weighted by atomic mass is 32.1. The van der Waals surface area contributed by atoms with Crippen LogP contribution in [0.3, 0.4) is 0 Å². The first-order chi connectivity index (χ1) is 6.65. The first-order valence-electron chi connectivity index (χ1n) is 3.96. The topological polar surface area (TPSA) is 69.2 Å². The molecule has 1 rings (SSSR count). The van der Waals surface area contributed by atoms with Gasteiger partial charge in [0.15, 0.2) is 0 Å². The van der Waals surface area contributed by atoms with E-state index in [0.29, 0.717) is 5.75 Å². The third-order valence-electron chi connectivity index (χ3n) is 1.67. The minimum Gasteiger partial charge on any atom is -0.393 e. The number of anilines is 1. The van der Waals surface area contributed by atoms with Gasteiger partial charge in [0.1, 0.15) is 5.69 Å². The number of nitrogen functional groups attached to an aromatic ring is 1. The largest absolute Gasteiger partial charge is 0.393 e. The Kier molecular flexibility index (Phi) is 3.53. The summed E-state index contributed by atoms with van der Waals surface area (Å²) in [5.41, 5.74) is 6.30. The maximum Gasteiger partial charge on any atom is 0.292 e. The number of benzene rings is 1. The lowest BCUT2D eigenvalue weighted by molar-refractivity contribution is -0.383. The molecular formula is C9H10N2O2S. The predicted octanol–water partition coefficient (Wildman–Crippen LogP) is 2.12. The molecule has 0 unspecified atom stereocenters. The SMILES string of the molecule is Nc1ccc(C=CCS)cc1[N+](=O)[O-]. The van der Waals surface area contributed by atoms with Crippen molar-refractivity contribution in [3.05, 3.63) is 40.0 Å². The number of hydrogen-bond acceptors (Lipinski definition) is 4. The van der Waals surface area contributed by atoms with Gasteiger partial charge in [-0.2, -0.15) is 12.6 Å². The van der Waals surface area contributed by atoms with Gasteiger partial charge in [-0.15, -0.1) is 0 Å². The normalized spacial score (nSPS) is 10.6. The summed E-state index contributed by atoms with van der Waals surface area (Å²) in [7, 11) is 0. The Labute approximate surface area is 87.0 Å². The molecule has 0 heterocycles. The molecule has 0 aliphatic carbocycles. The number of rotatable bonds is 3. The molecule has 5 heteroatoms. The summed E-state index contributed by atoms with van der Waals surface area (Å²) < 4.78 is 0. The van der Waals surface area contributed by atoms with Gasteiger partial charge in [0.2, 0.25) is 0 Å². The highest BCUT2D eigenvalue weighted by Crippen LogP contribution is 2.22. The molecule has 2 N–H and O–H groups in total. The average molecular weight is 210 g/mol. The van der Waals surface area contributed by atoms with Crippen molar-refractivity contribution in [3.8, 4) is 0 Å². The first-order valence-corrected chi connectivity index (χ1v) is 4.59. The molecule has 0 spiro atoms. The molecule has 0 aliphatic heterocycles. The summed E-state index contributed by atoms with van der Waals surface area (Å²) >= 11 is 3.99. The van der Waals surface area contributed by atoms with Crippen LogP contribution in [0.5, 0.6) is 0 Å². The van der Waals surface area contributed by atoms with Crippen molar-refractivity contribution in [1.29, 1.82) is 0 Å². The Bertz CT molecular complexity index is 377. The van der Waals surface area contributed by atoms with Gasteiger partial charge >= 0.3 is 0 Å². The van der Waals surface area contributed by atoms with E-state index in [1.165, 1.54) is 12.1 Å². The molecule has 1 aromatic carbocycles. The number of nitro groups is 1. The van der Waals surface area contributed by atoms with E-state index < -0.39 is 4.92 Å². The lowest BCUT2D eigenvalue weighted by Crippen LogP contribution is -1.95. The number of nitrogens with two attached hydrogens (primary N) is 1. The second-order valence-corrected chi connectivity index (χ2v) is 3.03. The van der Waals surface area contributed by atoms with Gasteiger partial charge in [0.25, 0.3) is 5.69 Å². The van der Waals surface area contributed by atoms with Crippen LogP contribution < -0.4 is 5.73 Å². The maximum atomic E-state index is 10.5. The summed E-state index contributed by atoms with van der Waals surface area (Å²) in [6.45, 7) is 0. The van der Waals surface area contributed by atoms with Crippen LogP contribution in [0, 0.1) is 10.1 Å². The first kappa shape index (κ1) is 10.6. The predicted molar refractivity (Wildman–Crippen MR) is 60.4 cm³/mol. The second kappa shape index (κ2) is 4.66. The lowest BCUT2D eigenvalue weighted by atomic mass is 10.1. The molecule has 0 atom stereocenters. The van der Waals surface area contributed by atoms with E-state index in [2.05, 4.69) is 12.6 Å². The van der Waals surface area contributed by atoms with Gasteiger partial charge in [0.05, 0.1) is 4.92 Å². The zero-order chi connectivity index (χ0) is 10.6. The Morgan fingerprint density at radius 1 is 1.57 bits per heavy atom. The van der Waals surface area contributed by atoms with Crippen LogP contribution in [0.15, 0.2) is 24.3 Å². The molecular weight excluding hydrogens is 200 g/mol. The second-order valence-electron chi connectivity index (χ2n) is 2.66. The van der Waals surface area contributed by atoms with Crippen molar-refractivity contribution in [3.63, 3.8) is 0 Å². The van der Waals surface area contributed by atoms with E-state index in [1.54, 1.807) is 18.2 Å². The van der Waals surface area contributed by atoms with Gasteiger partial charge in [-0.05, 0) is 11.6 Å². The van der Waals surface area contributed by atoms with E-state index in [4.69, 9.17) is 5.73 Å². The summed E-state index contributed by atoms with van der Waals surface area (Å²) in [5.74, 6) is 0.595. The molecule has 0 radical (unpaired) electrons. The zero-order valence-corrected chi connectivity index (χ0v) is 8.28. The molecule has 1 aromatic rings. The number of nitro benzene ring substituents is 1. The molecule has 0 bridgehead atoms. The molecule has 0 aromatic heterocycles. The molecule has 0 saturated carbocycles. The van der Waals surface area contributed by atoms with Crippen molar-refractivity contribution in [1.82, 2.24) is 0 Å². The standard InChI is InChI=1S/C9H10N2O2S/c10-8-4-3-7(2-1-5-14)6-9(8)11(12)13/h1-4,6,14H,5,10H2. The van der Waals surface area contributed by atoms with Gasteiger partial charge in [-0.1, -0.05) is 18.2 Å². The molecule has 0 amide bonds. The molecule has 4 nitrogen and oxygen atoms in total. The van der Waals surface area contributed by atoms with Crippen LogP contribution >= 0.6 is 12.6 Å². The van der Waals surface area contributed by atoms with Gasteiger partial charge in [-0.3, -0.25) is 10.1 Å². The van der Waals surface area contributed by atoms with Crippen LogP contribution in [-0.4, -0.2) is 10.7 Å².